The van der Waals surface area contributed by atoms with Gasteiger partial charge in [-0.05, 0) is 37.5 Å². The molecule has 4 nitrogen and oxygen atoms in total. The van der Waals surface area contributed by atoms with E-state index in [2.05, 4.69) is 22.4 Å². The summed E-state index contributed by atoms with van der Waals surface area (Å²) >= 11 is 0. The SMILES string of the molecule is CC(NC(=O)CCCc1ccccc1)c1nc2ccccc2o1. The Morgan fingerprint density at radius 2 is 1.87 bits per heavy atom. The number of carbonyl (C=O) groups is 1. The molecule has 1 N–H and O–H groups in total. The van der Waals surface area contributed by atoms with E-state index in [1.807, 2.05) is 49.4 Å². The summed E-state index contributed by atoms with van der Waals surface area (Å²) in [4.78, 5) is 16.5. The van der Waals surface area contributed by atoms with E-state index in [-0.39, 0.29) is 11.9 Å². The average molecular weight is 308 g/mol. The Kier molecular flexibility index (Phi) is 4.71. The molecular weight excluding hydrogens is 288 g/mol. The maximum atomic E-state index is 12.1. The number of oxazole rings is 1. The second-order valence-corrected chi connectivity index (χ2v) is 5.65. The Hall–Kier alpha value is -2.62. The number of amides is 1. The minimum atomic E-state index is -0.230. The van der Waals surface area contributed by atoms with Gasteiger partial charge in [0.05, 0.1) is 0 Å². The molecule has 1 atom stereocenters. The molecule has 2 aromatic carbocycles. The highest BCUT2D eigenvalue weighted by Gasteiger charge is 2.15. The summed E-state index contributed by atoms with van der Waals surface area (Å²) in [5.41, 5.74) is 2.81. The van der Waals surface area contributed by atoms with Crippen molar-refractivity contribution in [2.45, 2.75) is 32.2 Å². The van der Waals surface area contributed by atoms with Gasteiger partial charge in [-0.2, -0.15) is 0 Å². The van der Waals surface area contributed by atoms with Crippen molar-refractivity contribution in [1.29, 1.82) is 0 Å². The zero-order chi connectivity index (χ0) is 16.1. The van der Waals surface area contributed by atoms with Crippen molar-refractivity contribution < 1.29 is 9.21 Å². The largest absolute Gasteiger partial charge is 0.438 e. The number of rotatable bonds is 6. The predicted molar refractivity (Wildman–Crippen MR) is 89.9 cm³/mol. The van der Waals surface area contributed by atoms with Gasteiger partial charge in [-0.3, -0.25) is 4.79 Å². The normalized spacial score (nSPS) is 12.2. The monoisotopic (exact) mass is 308 g/mol. The molecule has 0 bridgehead atoms. The van der Waals surface area contributed by atoms with Gasteiger partial charge < -0.3 is 9.73 Å². The standard InChI is InChI=1S/C19H20N2O2/c1-14(19-21-16-11-5-6-12-17(16)23-19)20-18(22)13-7-10-15-8-3-2-4-9-15/h2-6,8-9,11-12,14H,7,10,13H2,1H3,(H,20,22). The fourth-order valence-corrected chi connectivity index (χ4v) is 2.55. The fraction of sp³-hybridized carbons (Fsp3) is 0.263. The number of nitrogens with zero attached hydrogens (tertiary/aromatic N) is 1. The van der Waals surface area contributed by atoms with Crippen molar-refractivity contribution in [3.63, 3.8) is 0 Å². The van der Waals surface area contributed by atoms with Gasteiger partial charge in [0.15, 0.2) is 5.58 Å². The molecule has 0 saturated heterocycles. The fourth-order valence-electron chi connectivity index (χ4n) is 2.55. The number of para-hydroxylation sites is 2. The van der Waals surface area contributed by atoms with Gasteiger partial charge in [-0.15, -0.1) is 0 Å². The summed E-state index contributed by atoms with van der Waals surface area (Å²) < 4.78 is 5.68. The zero-order valence-electron chi connectivity index (χ0n) is 13.2. The zero-order valence-corrected chi connectivity index (χ0v) is 13.2. The Balaban J connectivity index is 1.51. The number of carbonyl (C=O) groups excluding carboxylic acids is 1. The van der Waals surface area contributed by atoms with E-state index in [9.17, 15) is 4.79 Å². The second-order valence-electron chi connectivity index (χ2n) is 5.65. The van der Waals surface area contributed by atoms with Crippen LogP contribution in [-0.2, 0) is 11.2 Å². The number of hydrogen-bond donors (Lipinski definition) is 1. The van der Waals surface area contributed by atoms with E-state index >= 15 is 0 Å². The molecular formula is C19H20N2O2. The highest BCUT2D eigenvalue weighted by molar-refractivity contribution is 5.76. The quantitative estimate of drug-likeness (QED) is 0.748. The molecule has 4 heteroatoms. The average Bonchev–Trinajstić information content (AvgIpc) is 3.00. The molecule has 0 radical (unpaired) electrons. The van der Waals surface area contributed by atoms with Crippen LogP contribution in [0, 0.1) is 0 Å². The first kappa shape index (κ1) is 15.3. The number of benzene rings is 2. The highest BCUT2D eigenvalue weighted by atomic mass is 16.3. The molecule has 118 valence electrons. The molecule has 0 saturated carbocycles. The minimum absolute atomic E-state index is 0.0238. The second kappa shape index (κ2) is 7.09. The number of fused-ring (bicyclic) bond motifs is 1. The van der Waals surface area contributed by atoms with E-state index in [0.29, 0.717) is 12.3 Å². The molecule has 1 heterocycles. The third-order valence-electron chi connectivity index (χ3n) is 3.77. The smallest absolute Gasteiger partial charge is 0.220 e. The van der Waals surface area contributed by atoms with Gasteiger partial charge >= 0.3 is 0 Å². The third-order valence-corrected chi connectivity index (χ3v) is 3.77. The summed E-state index contributed by atoms with van der Waals surface area (Å²) in [6.45, 7) is 1.89. The summed E-state index contributed by atoms with van der Waals surface area (Å²) in [7, 11) is 0. The molecule has 0 fully saturated rings. The first-order valence-corrected chi connectivity index (χ1v) is 7.91. The van der Waals surface area contributed by atoms with Crippen molar-refractivity contribution in [3.05, 3.63) is 66.1 Å². The van der Waals surface area contributed by atoms with Crippen LogP contribution in [0.3, 0.4) is 0 Å². The predicted octanol–water partition coefficient (Wildman–Crippen LogP) is 4.03. The maximum absolute atomic E-state index is 12.1. The first-order chi connectivity index (χ1) is 11.2. The van der Waals surface area contributed by atoms with Crippen molar-refractivity contribution in [1.82, 2.24) is 10.3 Å². The summed E-state index contributed by atoms with van der Waals surface area (Å²) in [5, 5.41) is 2.95. The van der Waals surface area contributed by atoms with E-state index in [0.717, 1.165) is 23.9 Å². The van der Waals surface area contributed by atoms with Crippen LogP contribution in [0.25, 0.3) is 11.1 Å². The summed E-state index contributed by atoms with van der Waals surface area (Å²) in [6.07, 6.45) is 2.24. The lowest BCUT2D eigenvalue weighted by atomic mass is 10.1. The van der Waals surface area contributed by atoms with Crippen LogP contribution in [0.15, 0.2) is 59.0 Å². The number of hydrogen-bond acceptors (Lipinski definition) is 3. The molecule has 0 aliphatic rings. The van der Waals surface area contributed by atoms with E-state index in [1.54, 1.807) is 0 Å². The molecule has 3 rings (SSSR count). The Morgan fingerprint density at radius 1 is 1.13 bits per heavy atom. The molecule has 1 amide bonds. The van der Waals surface area contributed by atoms with Crippen LogP contribution in [-0.4, -0.2) is 10.9 Å². The van der Waals surface area contributed by atoms with E-state index < -0.39 is 0 Å². The van der Waals surface area contributed by atoms with Crippen LogP contribution in [0.4, 0.5) is 0 Å². The minimum Gasteiger partial charge on any atom is -0.438 e. The lowest BCUT2D eigenvalue weighted by molar-refractivity contribution is -0.121. The Labute approximate surface area is 135 Å². The summed E-state index contributed by atoms with van der Waals surface area (Å²) in [6, 6.07) is 17.6. The Bertz CT molecular complexity index is 747. The number of nitrogens with one attached hydrogen (secondary N) is 1. The van der Waals surface area contributed by atoms with Gasteiger partial charge in [0.25, 0.3) is 0 Å². The van der Waals surface area contributed by atoms with Crippen LogP contribution in [0.1, 0.15) is 37.3 Å². The third kappa shape index (κ3) is 3.97. The number of aromatic nitrogens is 1. The van der Waals surface area contributed by atoms with Gasteiger partial charge in [0.1, 0.15) is 11.6 Å². The molecule has 0 aliphatic carbocycles. The van der Waals surface area contributed by atoms with Crippen molar-refractivity contribution in [3.8, 4) is 0 Å². The molecule has 1 aromatic heterocycles. The van der Waals surface area contributed by atoms with Crippen molar-refractivity contribution in [2.75, 3.05) is 0 Å². The Morgan fingerprint density at radius 3 is 2.65 bits per heavy atom. The lowest BCUT2D eigenvalue weighted by Gasteiger charge is -2.10. The highest BCUT2D eigenvalue weighted by Crippen LogP contribution is 2.19. The van der Waals surface area contributed by atoms with Gasteiger partial charge in [0.2, 0.25) is 11.8 Å². The van der Waals surface area contributed by atoms with Gasteiger partial charge in [-0.25, -0.2) is 4.98 Å². The van der Waals surface area contributed by atoms with Crippen molar-refractivity contribution in [2.24, 2.45) is 0 Å². The molecule has 23 heavy (non-hydrogen) atoms. The number of aryl methyl sites for hydroxylation is 1. The van der Waals surface area contributed by atoms with Crippen LogP contribution >= 0.6 is 0 Å². The van der Waals surface area contributed by atoms with Crippen molar-refractivity contribution >= 4 is 17.0 Å². The van der Waals surface area contributed by atoms with Crippen LogP contribution in [0.2, 0.25) is 0 Å². The van der Waals surface area contributed by atoms with E-state index in [4.69, 9.17) is 4.42 Å². The van der Waals surface area contributed by atoms with Crippen LogP contribution < -0.4 is 5.32 Å². The van der Waals surface area contributed by atoms with Gasteiger partial charge in [0, 0.05) is 6.42 Å². The molecule has 1 unspecified atom stereocenters. The van der Waals surface area contributed by atoms with Crippen LogP contribution in [0.5, 0.6) is 0 Å². The summed E-state index contributed by atoms with van der Waals surface area (Å²) in [5.74, 6) is 0.568. The van der Waals surface area contributed by atoms with Gasteiger partial charge in [-0.1, -0.05) is 42.5 Å². The topological polar surface area (TPSA) is 55.1 Å². The molecule has 0 spiro atoms. The lowest BCUT2D eigenvalue weighted by Crippen LogP contribution is -2.26. The molecule has 0 aliphatic heterocycles. The van der Waals surface area contributed by atoms with E-state index in [1.165, 1.54) is 5.56 Å². The maximum Gasteiger partial charge on any atom is 0.220 e. The molecule has 3 aromatic rings. The first-order valence-electron chi connectivity index (χ1n) is 7.91.